The molecule has 3 saturated heterocycles. The minimum atomic E-state index is -3.32. The molecule has 10 nitrogen and oxygen atoms in total. The molecule has 5 rings (SSSR count). The van der Waals surface area contributed by atoms with Gasteiger partial charge in [0, 0.05) is 45.0 Å². The number of hydrogen-bond donors (Lipinski definition) is 2. The van der Waals surface area contributed by atoms with Gasteiger partial charge in [0.25, 0.3) is 5.91 Å². The van der Waals surface area contributed by atoms with Gasteiger partial charge in [-0.3, -0.25) is 14.5 Å². The molecule has 1 atom stereocenters. The Morgan fingerprint density at radius 1 is 1.05 bits per heavy atom. The molecule has 0 unspecified atom stereocenters. The summed E-state index contributed by atoms with van der Waals surface area (Å²) in [6, 6.07) is 15.7. The van der Waals surface area contributed by atoms with E-state index in [9.17, 15) is 22.8 Å². The van der Waals surface area contributed by atoms with E-state index in [1.807, 2.05) is 30.3 Å². The van der Waals surface area contributed by atoms with Gasteiger partial charge in [0.1, 0.15) is 5.54 Å². The fourth-order valence-corrected chi connectivity index (χ4v) is 6.54. The van der Waals surface area contributed by atoms with Crippen molar-refractivity contribution >= 4 is 40.1 Å². The van der Waals surface area contributed by atoms with E-state index in [2.05, 4.69) is 15.5 Å². The second-order valence-corrected chi connectivity index (χ2v) is 13.3. The lowest BCUT2D eigenvalue weighted by Crippen LogP contribution is -2.55. The Hall–Kier alpha value is -2.99. The zero-order valence-corrected chi connectivity index (χ0v) is 25.4. The first-order valence-corrected chi connectivity index (χ1v) is 16.1. The quantitative estimate of drug-likeness (QED) is 0.414. The van der Waals surface area contributed by atoms with Gasteiger partial charge in [0.15, 0.2) is 9.84 Å². The number of likely N-dealkylation sites (tertiary alicyclic amines) is 1. The Bertz CT molecular complexity index is 1360. The molecule has 0 bridgehead atoms. The summed E-state index contributed by atoms with van der Waals surface area (Å²) in [5, 5.41) is 6.22. The Morgan fingerprint density at radius 2 is 1.69 bits per heavy atom. The highest BCUT2D eigenvalue weighted by Gasteiger charge is 2.52. The molecular formula is C30H39ClN4O6S. The fourth-order valence-electron chi connectivity index (χ4n) is 5.91. The van der Waals surface area contributed by atoms with Crippen LogP contribution in [0.5, 0.6) is 0 Å². The number of nitrogens with one attached hydrogen (secondary N) is 2. The lowest BCUT2D eigenvalue weighted by atomic mass is 9.87. The first kappa shape index (κ1) is 31.9. The molecule has 1 spiro atoms. The van der Waals surface area contributed by atoms with E-state index < -0.39 is 21.4 Å². The standard InChI is InChI=1S/C30H38N4O6S.ClH/c1-41(38,39)25-9-7-22(8-10-25)21-34-28(36)30(32-29(34)37)14-17-33(18-15-30)16-11-26(23-5-3-2-4-6-23)31-27(35)24-12-19-40-20-13-24;/h2-10,24,26H,11-21H2,1H3,(H,31,35)(H,32,37);1H/t26-;/m0./s1. The Morgan fingerprint density at radius 3 is 2.31 bits per heavy atom. The van der Waals surface area contributed by atoms with E-state index in [0.717, 1.165) is 37.6 Å². The predicted molar refractivity (Wildman–Crippen MR) is 160 cm³/mol. The summed E-state index contributed by atoms with van der Waals surface area (Å²) >= 11 is 0. The summed E-state index contributed by atoms with van der Waals surface area (Å²) in [7, 11) is -3.32. The molecule has 12 heteroatoms. The molecule has 0 saturated carbocycles. The largest absolute Gasteiger partial charge is 0.381 e. The second kappa shape index (κ2) is 13.5. The van der Waals surface area contributed by atoms with Crippen LogP contribution < -0.4 is 10.6 Å². The van der Waals surface area contributed by atoms with Crippen molar-refractivity contribution in [2.24, 2.45) is 5.92 Å². The smallest absolute Gasteiger partial charge is 0.325 e. The fraction of sp³-hybridized carbons (Fsp3) is 0.500. The molecule has 42 heavy (non-hydrogen) atoms. The van der Waals surface area contributed by atoms with Crippen molar-refractivity contribution in [3.05, 3.63) is 65.7 Å². The summed E-state index contributed by atoms with van der Waals surface area (Å²) < 4.78 is 28.9. The summed E-state index contributed by atoms with van der Waals surface area (Å²) in [6.07, 6.45) is 4.37. The molecule has 0 radical (unpaired) electrons. The minimum Gasteiger partial charge on any atom is -0.381 e. The van der Waals surface area contributed by atoms with Gasteiger partial charge >= 0.3 is 6.03 Å². The van der Waals surface area contributed by atoms with E-state index >= 15 is 0 Å². The predicted octanol–water partition coefficient (Wildman–Crippen LogP) is 3.07. The van der Waals surface area contributed by atoms with Crippen molar-refractivity contribution in [3.63, 3.8) is 0 Å². The van der Waals surface area contributed by atoms with Gasteiger partial charge in [-0.15, -0.1) is 12.4 Å². The lowest BCUT2D eigenvalue weighted by molar-refractivity contribution is -0.133. The van der Waals surface area contributed by atoms with Crippen LogP contribution >= 0.6 is 12.4 Å². The van der Waals surface area contributed by atoms with Crippen LogP contribution in [-0.4, -0.2) is 80.7 Å². The van der Waals surface area contributed by atoms with Gasteiger partial charge in [0.05, 0.1) is 17.5 Å². The van der Waals surface area contributed by atoms with E-state index in [-0.39, 0.29) is 47.6 Å². The molecule has 3 aliphatic heterocycles. The van der Waals surface area contributed by atoms with Gasteiger partial charge in [-0.05, 0) is 55.4 Å². The molecule has 3 fully saturated rings. The van der Waals surface area contributed by atoms with Crippen LogP contribution in [0.4, 0.5) is 4.79 Å². The zero-order valence-electron chi connectivity index (χ0n) is 23.8. The van der Waals surface area contributed by atoms with Crippen LogP contribution in [0, 0.1) is 5.92 Å². The molecule has 3 aliphatic rings. The number of ether oxygens (including phenoxy) is 1. The molecule has 228 valence electrons. The van der Waals surface area contributed by atoms with Crippen LogP contribution in [0.1, 0.15) is 49.3 Å². The number of nitrogens with zero attached hydrogens (tertiary/aromatic N) is 2. The number of hydrogen-bond acceptors (Lipinski definition) is 7. The molecule has 2 aromatic rings. The number of sulfone groups is 1. The molecule has 0 aliphatic carbocycles. The van der Waals surface area contributed by atoms with E-state index in [4.69, 9.17) is 4.74 Å². The minimum absolute atomic E-state index is 0. The van der Waals surface area contributed by atoms with Gasteiger partial charge in [-0.25, -0.2) is 13.2 Å². The first-order chi connectivity index (χ1) is 19.6. The summed E-state index contributed by atoms with van der Waals surface area (Å²) in [5.41, 5.74) is 0.834. The van der Waals surface area contributed by atoms with Crippen molar-refractivity contribution in [2.45, 2.75) is 55.1 Å². The Balaban J connectivity index is 0.00000405. The number of halogens is 1. The maximum absolute atomic E-state index is 13.4. The topological polar surface area (TPSA) is 125 Å². The molecule has 2 aromatic carbocycles. The highest BCUT2D eigenvalue weighted by atomic mass is 35.5. The van der Waals surface area contributed by atoms with Crippen LogP contribution in [-0.2, 0) is 30.7 Å². The second-order valence-electron chi connectivity index (χ2n) is 11.3. The third-order valence-electron chi connectivity index (χ3n) is 8.49. The van der Waals surface area contributed by atoms with E-state index in [1.165, 1.54) is 17.0 Å². The van der Waals surface area contributed by atoms with Crippen LogP contribution in [0.3, 0.4) is 0 Å². The van der Waals surface area contributed by atoms with Crippen molar-refractivity contribution in [2.75, 3.05) is 39.1 Å². The van der Waals surface area contributed by atoms with Gasteiger partial charge in [0.2, 0.25) is 5.91 Å². The number of rotatable bonds is 9. The average molecular weight is 619 g/mol. The maximum Gasteiger partial charge on any atom is 0.325 e. The number of benzene rings is 2. The molecular weight excluding hydrogens is 580 g/mol. The number of carbonyl (C=O) groups excluding carboxylic acids is 3. The lowest BCUT2D eigenvalue weighted by Gasteiger charge is -2.38. The third kappa shape index (κ3) is 7.31. The third-order valence-corrected chi connectivity index (χ3v) is 9.62. The molecule has 3 heterocycles. The van der Waals surface area contributed by atoms with Crippen LogP contribution in [0.15, 0.2) is 59.5 Å². The Kier molecular flexibility index (Phi) is 10.3. The molecule has 0 aromatic heterocycles. The number of imide groups is 1. The molecule has 2 N–H and O–H groups in total. The maximum atomic E-state index is 13.4. The van der Waals surface area contributed by atoms with Crippen LogP contribution in [0.25, 0.3) is 0 Å². The summed E-state index contributed by atoms with van der Waals surface area (Å²) in [5.74, 6) is -0.187. The van der Waals surface area contributed by atoms with Crippen molar-refractivity contribution in [3.8, 4) is 0 Å². The molecule has 4 amide bonds. The average Bonchev–Trinajstić information content (AvgIpc) is 3.20. The van der Waals surface area contributed by atoms with Crippen LogP contribution in [0.2, 0.25) is 0 Å². The van der Waals surface area contributed by atoms with E-state index in [1.54, 1.807) is 12.1 Å². The number of urea groups is 1. The van der Waals surface area contributed by atoms with Gasteiger partial charge < -0.3 is 20.3 Å². The number of amides is 4. The first-order valence-electron chi connectivity index (χ1n) is 14.2. The van der Waals surface area contributed by atoms with Crippen molar-refractivity contribution in [1.29, 1.82) is 0 Å². The zero-order chi connectivity index (χ0) is 29.0. The SMILES string of the molecule is CS(=O)(=O)c1ccc(CN2C(=O)NC3(CCN(CC[C@H](NC(=O)C4CCOCC4)c4ccccc4)CC3)C2=O)cc1.Cl. The van der Waals surface area contributed by atoms with Crippen molar-refractivity contribution in [1.82, 2.24) is 20.4 Å². The number of carbonyl (C=O) groups is 3. The summed E-state index contributed by atoms with van der Waals surface area (Å²) in [6.45, 7) is 3.38. The normalized spacial score (nSPS) is 20.2. The highest BCUT2D eigenvalue weighted by Crippen LogP contribution is 2.31. The highest BCUT2D eigenvalue weighted by molar-refractivity contribution is 7.90. The number of piperidine rings is 1. The van der Waals surface area contributed by atoms with Gasteiger partial charge in [-0.1, -0.05) is 42.5 Å². The monoisotopic (exact) mass is 618 g/mol. The van der Waals surface area contributed by atoms with E-state index in [0.29, 0.717) is 44.7 Å². The Labute approximate surface area is 253 Å². The van der Waals surface area contributed by atoms with Gasteiger partial charge in [-0.2, -0.15) is 0 Å². The summed E-state index contributed by atoms with van der Waals surface area (Å²) in [4.78, 5) is 42.9. The van der Waals surface area contributed by atoms with Crippen molar-refractivity contribution < 1.29 is 27.5 Å².